The molecule has 5 N–H and O–H groups in total. The second kappa shape index (κ2) is 7.83. The molecule has 136 valence electrons. The molecule has 0 aromatic carbocycles. The van der Waals surface area contributed by atoms with Crippen molar-refractivity contribution in [1.29, 1.82) is 0 Å². The Balaban J connectivity index is 2.21. The van der Waals surface area contributed by atoms with E-state index in [9.17, 15) is 4.79 Å². The molecule has 0 spiro atoms. The van der Waals surface area contributed by atoms with Crippen molar-refractivity contribution >= 4 is 29.0 Å². The number of primary amides is 1. The van der Waals surface area contributed by atoms with Crippen molar-refractivity contribution in [2.45, 2.75) is 19.4 Å². The van der Waals surface area contributed by atoms with E-state index in [2.05, 4.69) is 26.9 Å². The molecule has 0 unspecified atom stereocenters. The molecule has 0 saturated heterocycles. The standard InChI is InChI=1S/C17H19ClN6O2/c1-4-10(15-23-12(9-26-15)14(19)25)8-22-16(20)24-17(2,3)13-11(18)6-5-7-21-13/h4-9H,1H2,2-3H3,(H2,19,25)(H3,20,22,24)/b10-8+. The largest absolute Gasteiger partial charge is 0.444 e. The monoisotopic (exact) mass is 374 g/mol. The highest BCUT2D eigenvalue weighted by molar-refractivity contribution is 6.31. The number of hydrogen-bond acceptors (Lipinski definition) is 5. The van der Waals surface area contributed by atoms with E-state index in [1.165, 1.54) is 18.5 Å². The zero-order valence-electron chi connectivity index (χ0n) is 14.4. The van der Waals surface area contributed by atoms with Crippen LogP contribution >= 0.6 is 11.6 Å². The second-order valence-corrected chi connectivity index (χ2v) is 6.15. The maximum absolute atomic E-state index is 11.1. The van der Waals surface area contributed by atoms with Crippen LogP contribution < -0.4 is 16.8 Å². The molecule has 1 amide bonds. The van der Waals surface area contributed by atoms with Crippen LogP contribution in [0.3, 0.4) is 0 Å². The number of hydrogen-bond donors (Lipinski definition) is 3. The van der Waals surface area contributed by atoms with Crippen molar-refractivity contribution in [3.63, 3.8) is 0 Å². The Morgan fingerprint density at radius 1 is 1.46 bits per heavy atom. The highest BCUT2D eigenvalue weighted by atomic mass is 35.5. The number of nitrogens with zero attached hydrogens (tertiary/aromatic N) is 3. The first kappa shape index (κ1) is 19.2. The number of guanidine groups is 1. The van der Waals surface area contributed by atoms with Gasteiger partial charge in [0.05, 0.1) is 16.3 Å². The lowest BCUT2D eigenvalue weighted by Gasteiger charge is -2.21. The van der Waals surface area contributed by atoms with Crippen LogP contribution in [0.15, 0.2) is 52.9 Å². The van der Waals surface area contributed by atoms with Gasteiger partial charge in [0.1, 0.15) is 11.8 Å². The first-order valence-electron chi connectivity index (χ1n) is 7.55. The summed E-state index contributed by atoms with van der Waals surface area (Å²) in [6.07, 6.45) is 5.78. The van der Waals surface area contributed by atoms with E-state index in [0.717, 1.165) is 0 Å². The lowest BCUT2D eigenvalue weighted by atomic mass is 10.0. The SMILES string of the molecule is C=C/C(=C\NC(N)=NC(C)(C)c1ncccc1Cl)c1nc(C(N)=O)co1. The third-order valence-electron chi connectivity index (χ3n) is 3.34. The highest BCUT2D eigenvalue weighted by Crippen LogP contribution is 2.28. The Hall–Kier alpha value is -3.13. The van der Waals surface area contributed by atoms with Crippen LogP contribution in [-0.4, -0.2) is 21.8 Å². The van der Waals surface area contributed by atoms with Crippen LogP contribution in [0, 0.1) is 0 Å². The Bertz CT molecular complexity index is 885. The number of oxazole rings is 1. The average Bonchev–Trinajstić information content (AvgIpc) is 3.05. The lowest BCUT2D eigenvalue weighted by molar-refractivity contribution is 0.0995. The van der Waals surface area contributed by atoms with Crippen molar-refractivity contribution in [3.8, 4) is 0 Å². The molecular formula is C17H19ClN6O2. The summed E-state index contributed by atoms with van der Waals surface area (Å²) in [6, 6.07) is 3.47. The summed E-state index contributed by atoms with van der Waals surface area (Å²) >= 11 is 6.17. The molecule has 2 heterocycles. The first-order valence-corrected chi connectivity index (χ1v) is 7.93. The molecule has 8 nitrogen and oxygen atoms in total. The molecule has 2 aromatic rings. The van der Waals surface area contributed by atoms with Gasteiger partial charge in [0.2, 0.25) is 5.89 Å². The molecule has 9 heteroatoms. The molecule has 2 rings (SSSR count). The Labute approximate surface area is 155 Å². The average molecular weight is 375 g/mol. The van der Waals surface area contributed by atoms with Gasteiger partial charge in [-0.1, -0.05) is 24.3 Å². The molecular weight excluding hydrogens is 356 g/mol. The van der Waals surface area contributed by atoms with Crippen LogP contribution in [0.1, 0.15) is 35.9 Å². The van der Waals surface area contributed by atoms with E-state index in [1.807, 2.05) is 13.8 Å². The van der Waals surface area contributed by atoms with E-state index in [1.54, 1.807) is 18.3 Å². The fourth-order valence-electron chi connectivity index (χ4n) is 2.10. The molecule has 0 aliphatic rings. The number of allylic oxidation sites excluding steroid dienone is 2. The molecule has 0 bridgehead atoms. The molecule has 0 radical (unpaired) electrons. The zero-order valence-corrected chi connectivity index (χ0v) is 15.1. The number of nitrogens with one attached hydrogen (secondary N) is 1. The van der Waals surface area contributed by atoms with Crippen molar-refractivity contribution in [2.75, 3.05) is 0 Å². The van der Waals surface area contributed by atoms with Gasteiger partial charge in [-0.3, -0.25) is 9.78 Å². The van der Waals surface area contributed by atoms with Crippen LogP contribution in [0.5, 0.6) is 0 Å². The number of halogens is 1. The zero-order chi connectivity index (χ0) is 19.3. The van der Waals surface area contributed by atoms with E-state index in [4.69, 9.17) is 27.5 Å². The van der Waals surface area contributed by atoms with Gasteiger partial charge in [-0.2, -0.15) is 0 Å². The predicted octanol–water partition coefficient (Wildman–Crippen LogP) is 2.19. The number of carbonyl (C=O) groups excluding carboxylic acids is 1. The molecule has 0 aliphatic heterocycles. The molecule has 26 heavy (non-hydrogen) atoms. The van der Waals surface area contributed by atoms with E-state index >= 15 is 0 Å². The molecule has 0 saturated carbocycles. The predicted molar refractivity (Wildman–Crippen MR) is 100 cm³/mol. The summed E-state index contributed by atoms with van der Waals surface area (Å²) in [4.78, 5) is 23.7. The quantitative estimate of drug-likeness (QED) is 0.403. The summed E-state index contributed by atoms with van der Waals surface area (Å²) in [5.41, 5.74) is 11.4. The molecule has 0 aliphatic carbocycles. The van der Waals surface area contributed by atoms with Crippen molar-refractivity contribution in [3.05, 3.63) is 65.7 Å². The third kappa shape index (κ3) is 4.48. The van der Waals surface area contributed by atoms with Gasteiger partial charge in [-0.15, -0.1) is 0 Å². The number of pyridine rings is 1. The number of aliphatic imine (C=N–C) groups is 1. The molecule has 0 fully saturated rings. The Morgan fingerprint density at radius 2 is 2.19 bits per heavy atom. The smallest absolute Gasteiger partial charge is 0.270 e. The number of rotatable bonds is 6. The number of aromatic nitrogens is 2. The van der Waals surface area contributed by atoms with Crippen LogP contribution in [0.2, 0.25) is 5.02 Å². The summed E-state index contributed by atoms with van der Waals surface area (Å²) < 4.78 is 5.20. The lowest BCUT2D eigenvalue weighted by Crippen LogP contribution is -2.32. The summed E-state index contributed by atoms with van der Waals surface area (Å²) in [5.74, 6) is -0.398. The van der Waals surface area contributed by atoms with Gasteiger partial charge in [-0.05, 0) is 26.0 Å². The normalized spacial score (nSPS) is 12.7. The number of carbonyl (C=O) groups is 1. The van der Waals surface area contributed by atoms with Crippen molar-refractivity contribution in [2.24, 2.45) is 16.5 Å². The number of amides is 1. The van der Waals surface area contributed by atoms with Crippen molar-refractivity contribution < 1.29 is 9.21 Å². The Morgan fingerprint density at radius 3 is 2.77 bits per heavy atom. The minimum absolute atomic E-state index is 0.0142. The van der Waals surface area contributed by atoms with Crippen LogP contribution in [0.25, 0.3) is 5.57 Å². The minimum atomic E-state index is -0.750. The van der Waals surface area contributed by atoms with Crippen LogP contribution in [-0.2, 0) is 5.54 Å². The first-order chi connectivity index (χ1) is 12.2. The van der Waals surface area contributed by atoms with Gasteiger partial charge >= 0.3 is 0 Å². The Kier molecular flexibility index (Phi) is 5.78. The molecule has 0 atom stereocenters. The fraction of sp³-hybridized carbons (Fsp3) is 0.176. The third-order valence-corrected chi connectivity index (χ3v) is 3.64. The van der Waals surface area contributed by atoms with E-state index in [-0.39, 0.29) is 17.5 Å². The summed E-state index contributed by atoms with van der Waals surface area (Å²) in [7, 11) is 0. The van der Waals surface area contributed by atoms with Gasteiger partial charge in [0.25, 0.3) is 5.91 Å². The van der Waals surface area contributed by atoms with E-state index in [0.29, 0.717) is 16.3 Å². The van der Waals surface area contributed by atoms with Gasteiger partial charge < -0.3 is 21.2 Å². The summed E-state index contributed by atoms with van der Waals surface area (Å²) in [6.45, 7) is 7.34. The fourth-order valence-corrected chi connectivity index (χ4v) is 2.45. The van der Waals surface area contributed by atoms with Crippen molar-refractivity contribution in [1.82, 2.24) is 15.3 Å². The minimum Gasteiger partial charge on any atom is -0.444 e. The number of nitrogens with two attached hydrogens (primary N) is 2. The topological polar surface area (TPSA) is 132 Å². The maximum Gasteiger partial charge on any atom is 0.270 e. The maximum atomic E-state index is 11.1. The highest BCUT2D eigenvalue weighted by Gasteiger charge is 2.24. The summed E-state index contributed by atoms with van der Waals surface area (Å²) in [5, 5.41) is 3.32. The van der Waals surface area contributed by atoms with Gasteiger partial charge in [-0.25, -0.2) is 9.98 Å². The molecule has 2 aromatic heterocycles. The van der Waals surface area contributed by atoms with Crippen LogP contribution in [0.4, 0.5) is 0 Å². The van der Waals surface area contributed by atoms with Gasteiger partial charge in [0.15, 0.2) is 11.7 Å². The van der Waals surface area contributed by atoms with E-state index < -0.39 is 11.4 Å². The second-order valence-electron chi connectivity index (χ2n) is 5.74. The van der Waals surface area contributed by atoms with Gasteiger partial charge in [0, 0.05) is 12.4 Å².